The highest BCUT2D eigenvalue weighted by Gasteiger charge is 2.25. The molecule has 0 aliphatic carbocycles. The highest BCUT2D eigenvalue weighted by atomic mass is 32.2. The summed E-state index contributed by atoms with van der Waals surface area (Å²) in [5.74, 6) is -4.85. The van der Waals surface area contributed by atoms with Crippen LogP contribution in [0.15, 0.2) is 35.2 Å². The molecule has 0 radical (unpaired) electrons. The van der Waals surface area contributed by atoms with Gasteiger partial charge in [-0.25, -0.2) is 21.6 Å². The number of ether oxygens (including phenoxy) is 1. The largest absolute Gasteiger partial charge is 0.490 e. The van der Waals surface area contributed by atoms with Crippen molar-refractivity contribution in [2.75, 3.05) is 22.8 Å². The van der Waals surface area contributed by atoms with Crippen molar-refractivity contribution in [1.82, 2.24) is 0 Å². The van der Waals surface area contributed by atoms with E-state index in [1.54, 1.807) is 0 Å². The number of hydrogen-bond donors (Lipinski definition) is 1. The van der Waals surface area contributed by atoms with Gasteiger partial charge in [0.25, 0.3) is 10.0 Å². The van der Waals surface area contributed by atoms with Gasteiger partial charge in [0.15, 0.2) is 17.5 Å². The lowest BCUT2D eigenvalue weighted by Crippen LogP contribution is -2.36. The summed E-state index contributed by atoms with van der Waals surface area (Å²) < 4.78 is 72.2. The zero-order chi connectivity index (χ0) is 19.1. The van der Waals surface area contributed by atoms with Crippen LogP contribution in [0.25, 0.3) is 0 Å². The van der Waals surface area contributed by atoms with Crippen molar-refractivity contribution in [3.05, 3.63) is 47.8 Å². The van der Waals surface area contributed by atoms with E-state index in [0.717, 1.165) is 6.07 Å². The second-order valence-corrected chi connectivity index (χ2v) is 7.16. The Balaban J connectivity index is 1.99. The topological polar surface area (TPSA) is 75.7 Å². The third-order valence-corrected chi connectivity index (χ3v) is 5.13. The molecule has 0 unspecified atom stereocenters. The van der Waals surface area contributed by atoms with E-state index in [0.29, 0.717) is 11.8 Å². The Bertz CT molecular complexity index is 995. The van der Waals surface area contributed by atoms with Crippen LogP contribution >= 0.6 is 0 Å². The lowest BCUT2D eigenvalue weighted by molar-refractivity contribution is -0.116. The van der Waals surface area contributed by atoms with Crippen LogP contribution in [0.4, 0.5) is 24.5 Å². The zero-order valence-corrected chi connectivity index (χ0v) is 14.2. The average molecular weight is 386 g/mol. The van der Waals surface area contributed by atoms with Gasteiger partial charge < -0.3 is 9.64 Å². The van der Waals surface area contributed by atoms with E-state index in [4.69, 9.17) is 4.74 Å². The van der Waals surface area contributed by atoms with Crippen LogP contribution < -0.4 is 14.4 Å². The number of nitrogens with one attached hydrogen (secondary N) is 1. The Morgan fingerprint density at radius 2 is 1.88 bits per heavy atom. The Labute approximate surface area is 147 Å². The van der Waals surface area contributed by atoms with Crippen LogP contribution in [-0.4, -0.2) is 27.5 Å². The highest BCUT2D eigenvalue weighted by Crippen LogP contribution is 2.34. The molecule has 26 heavy (non-hydrogen) atoms. The van der Waals surface area contributed by atoms with Crippen molar-refractivity contribution in [3.8, 4) is 5.75 Å². The molecule has 1 aliphatic heterocycles. The number of sulfonamides is 1. The number of amides is 1. The number of rotatable bonds is 3. The summed E-state index contributed by atoms with van der Waals surface area (Å²) in [6.07, 6.45) is 0. The fourth-order valence-electron chi connectivity index (χ4n) is 2.50. The molecule has 2 aromatic carbocycles. The summed E-state index contributed by atoms with van der Waals surface area (Å²) in [7, 11) is -4.32. The molecule has 0 spiro atoms. The molecule has 138 valence electrons. The molecule has 0 saturated heterocycles. The minimum atomic E-state index is -4.32. The van der Waals surface area contributed by atoms with Gasteiger partial charge in [0.05, 0.1) is 22.8 Å². The van der Waals surface area contributed by atoms with Crippen molar-refractivity contribution in [1.29, 1.82) is 0 Å². The lowest BCUT2D eigenvalue weighted by atomic mass is 10.2. The first-order valence-corrected chi connectivity index (χ1v) is 8.90. The summed E-state index contributed by atoms with van der Waals surface area (Å²) in [4.78, 5) is 12.8. The van der Waals surface area contributed by atoms with Gasteiger partial charge in [-0.15, -0.1) is 0 Å². The smallest absolute Gasteiger partial charge is 0.262 e. The number of carbonyl (C=O) groups is 1. The summed E-state index contributed by atoms with van der Waals surface area (Å²) in [5.41, 5.74) is -0.487. The molecule has 1 aliphatic rings. The summed E-state index contributed by atoms with van der Waals surface area (Å²) >= 11 is 0. The lowest BCUT2D eigenvalue weighted by Gasteiger charge is -2.29. The maximum absolute atomic E-state index is 13.7. The van der Waals surface area contributed by atoms with Crippen LogP contribution in [0.3, 0.4) is 0 Å². The SMILES string of the molecule is CC(=O)N1CCOc2ccc(S(=O)(=O)Nc3ccc(F)c(F)c3F)cc21. The molecule has 1 amide bonds. The van der Waals surface area contributed by atoms with Crippen LogP contribution in [0.2, 0.25) is 0 Å². The Morgan fingerprint density at radius 1 is 1.15 bits per heavy atom. The zero-order valence-electron chi connectivity index (χ0n) is 13.4. The number of carbonyl (C=O) groups excluding carboxylic acids is 1. The molecule has 0 fully saturated rings. The Morgan fingerprint density at radius 3 is 2.58 bits per heavy atom. The number of nitrogens with zero attached hydrogens (tertiary/aromatic N) is 1. The van der Waals surface area contributed by atoms with Crippen molar-refractivity contribution in [3.63, 3.8) is 0 Å². The third-order valence-electron chi connectivity index (χ3n) is 3.76. The normalized spacial score (nSPS) is 13.8. The van der Waals surface area contributed by atoms with E-state index in [9.17, 15) is 26.4 Å². The van der Waals surface area contributed by atoms with Crippen LogP contribution in [0.5, 0.6) is 5.75 Å². The van der Waals surface area contributed by atoms with Crippen LogP contribution in [0.1, 0.15) is 6.92 Å². The van der Waals surface area contributed by atoms with E-state index in [-0.39, 0.29) is 29.6 Å². The fraction of sp³-hybridized carbons (Fsp3) is 0.188. The standard InChI is InChI=1S/C16H13F3N2O4S/c1-9(22)21-6-7-25-14-5-2-10(8-13(14)21)26(23,24)20-12-4-3-11(17)15(18)16(12)19/h2-5,8,20H,6-7H2,1H3. The molecule has 1 heterocycles. The van der Waals surface area contributed by atoms with E-state index in [1.807, 2.05) is 4.72 Å². The second-order valence-electron chi connectivity index (χ2n) is 5.48. The summed E-state index contributed by atoms with van der Waals surface area (Å²) in [6.45, 7) is 1.83. The minimum Gasteiger partial charge on any atom is -0.490 e. The van der Waals surface area contributed by atoms with Gasteiger partial charge in [-0.05, 0) is 30.3 Å². The van der Waals surface area contributed by atoms with E-state index in [1.165, 1.54) is 30.0 Å². The average Bonchev–Trinajstić information content (AvgIpc) is 2.61. The Kier molecular flexibility index (Phi) is 4.53. The molecule has 6 nitrogen and oxygen atoms in total. The minimum absolute atomic E-state index is 0.247. The number of hydrogen-bond acceptors (Lipinski definition) is 4. The van der Waals surface area contributed by atoms with Gasteiger partial charge in [-0.2, -0.15) is 0 Å². The molecule has 1 N–H and O–H groups in total. The van der Waals surface area contributed by atoms with Crippen LogP contribution in [-0.2, 0) is 14.8 Å². The number of halogens is 3. The fourth-order valence-corrected chi connectivity index (χ4v) is 3.58. The van der Waals surface area contributed by atoms with Gasteiger partial charge in [0.2, 0.25) is 5.91 Å². The second kappa shape index (κ2) is 6.52. The highest BCUT2D eigenvalue weighted by molar-refractivity contribution is 7.92. The molecule has 0 aromatic heterocycles. The van der Waals surface area contributed by atoms with Crippen molar-refractivity contribution in [2.45, 2.75) is 11.8 Å². The quantitative estimate of drug-likeness (QED) is 0.823. The molecule has 3 rings (SSSR count). The predicted octanol–water partition coefficient (Wildman–Crippen LogP) is 2.65. The van der Waals surface area contributed by atoms with Crippen molar-refractivity contribution in [2.24, 2.45) is 0 Å². The van der Waals surface area contributed by atoms with Crippen LogP contribution in [0, 0.1) is 17.5 Å². The molecule has 0 saturated carbocycles. The van der Waals surface area contributed by atoms with E-state index in [2.05, 4.69) is 0 Å². The maximum Gasteiger partial charge on any atom is 0.262 e. The first-order chi connectivity index (χ1) is 12.2. The van der Waals surface area contributed by atoms with Gasteiger partial charge in [-0.3, -0.25) is 9.52 Å². The van der Waals surface area contributed by atoms with E-state index >= 15 is 0 Å². The first-order valence-electron chi connectivity index (χ1n) is 7.42. The first kappa shape index (κ1) is 18.1. The van der Waals surface area contributed by atoms with Gasteiger partial charge in [0.1, 0.15) is 12.4 Å². The number of fused-ring (bicyclic) bond motifs is 1. The summed E-state index contributed by atoms with van der Waals surface area (Å²) in [6, 6.07) is 5.13. The molecule has 0 atom stereocenters. The third kappa shape index (κ3) is 3.19. The summed E-state index contributed by atoms with van der Waals surface area (Å²) in [5, 5.41) is 0. The molecule has 10 heteroatoms. The van der Waals surface area contributed by atoms with Gasteiger partial charge in [-0.1, -0.05) is 0 Å². The van der Waals surface area contributed by atoms with Crippen molar-refractivity contribution >= 4 is 27.3 Å². The van der Waals surface area contributed by atoms with Gasteiger partial charge >= 0.3 is 0 Å². The van der Waals surface area contributed by atoms with Gasteiger partial charge in [0, 0.05) is 6.92 Å². The molecule has 0 bridgehead atoms. The van der Waals surface area contributed by atoms with E-state index < -0.39 is 33.2 Å². The maximum atomic E-state index is 13.7. The Hall–Kier alpha value is -2.75. The monoisotopic (exact) mass is 386 g/mol. The van der Waals surface area contributed by atoms with Crippen molar-refractivity contribution < 1.29 is 31.1 Å². The number of benzene rings is 2. The predicted molar refractivity (Wildman–Crippen MR) is 87.1 cm³/mol. The molecular weight excluding hydrogens is 373 g/mol. The number of anilines is 2. The molecule has 2 aromatic rings. The molecular formula is C16H13F3N2O4S.